The van der Waals surface area contributed by atoms with Gasteiger partial charge in [0, 0.05) is 18.3 Å². The monoisotopic (exact) mass is 282 g/mol. The lowest BCUT2D eigenvalue weighted by molar-refractivity contribution is 0.0742. The van der Waals surface area contributed by atoms with Gasteiger partial charge in [-0.1, -0.05) is 35.9 Å². The number of nitrogens with zero attached hydrogens (tertiary/aromatic N) is 1. The number of carbonyl (C=O) groups excluding carboxylic acids is 1. The van der Waals surface area contributed by atoms with Crippen LogP contribution in [0, 0.1) is 13.8 Å². The van der Waals surface area contributed by atoms with Gasteiger partial charge in [-0.25, -0.2) is 0 Å². The Morgan fingerprint density at radius 1 is 1.10 bits per heavy atom. The van der Waals surface area contributed by atoms with Crippen molar-refractivity contribution in [3.63, 3.8) is 0 Å². The van der Waals surface area contributed by atoms with Crippen LogP contribution < -0.4 is 5.73 Å². The third-order valence-corrected chi connectivity index (χ3v) is 4.07. The summed E-state index contributed by atoms with van der Waals surface area (Å²) in [5.74, 6) is -0.00660. The van der Waals surface area contributed by atoms with E-state index in [1.807, 2.05) is 39.1 Å². The van der Waals surface area contributed by atoms with Gasteiger partial charge in [0.25, 0.3) is 5.91 Å². The van der Waals surface area contributed by atoms with Gasteiger partial charge in [-0.3, -0.25) is 4.79 Å². The molecule has 0 saturated carbocycles. The number of nitrogens with two attached hydrogens (primary N) is 1. The van der Waals surface area contributed by atoms with Crippen molar-refractivity contribution in [2.75, 3.05) is 12.8 Å². The molecule has 0 fully saturated rings. The minimum Gasteiger partial charge on any atom is -0.398 e. The third-order valence-electron chi connectivity index (χ3n) is 4.07. The predicted octanol–water partition coefficient (Wildman–Crippen LogP) is 3.72. The van der Waals surface area contributed by atoms with Gasteiger partial charge in [-0.05, 0) is 44.0 Å². The number of hydrogen-bond donors (Lipinski definition) is 1. The molecule has 0 radical (unpaired) electrons. The first-order valence-electron chi connectivity index (χ1n) is 7.10. The lowest BCUT2D eigenvalue weighted by Crippen LogP contribution is -2.30. The van der Waals surface area contributed by atoms with Gasteiger partial charge >= 0.3 is 0 Å². The van der Waals surface area contributed by atoms with Gasteiger partial charge in [0.05, 0.1) is 6.04 Å². The Labute approximate surface area is 126 Å². The average molecular weight is 282 g/mol. The lowest BCUT2D eigenvalue weighted by atomic mass is 10.0. The smallest absolute Gasteiger partial charge is 0.254 e. The highest BCUT2D eigenvalue weighted by Gasteiger charge is 2.20. The maximum atomic E-state index is 12.7. The highest BCUT2D eigenvalue weighted by Crippen LogP contribution is 2.23. The van der Waals surface area contributed by atoms with E-state index in [0.717, 1.165) is 11.1 Å². The quantitative estimate of drug-likeness (QED) is 0.872. The first kappa shape index (κ1) is 15.1. The van der Waals surface area contributed by atoms with Gasteiger partial charge in [0.15, 0.2) is 0 Å². The molecular formula is C18H22N2O. The Morgan fingerprint density at radius 3 is 2.33 bits per heavy atom. The van der Waals surface area contributed by atoms with Crippen molar-refractivity contribution in [2.45, 2.75) is 26.8 Å². The second kappa shape index (κ2) is 6.00. The predicted molar refractivity (Wildman–Crippen MR) is 87.3 cm³/mol. The molecule has 3 nitrogen and oxygen atoms in total. The number of rotatable bonds is 3. The number of benzene rings is 2. The molecule has 1 atom stereocenters. The Bertz CT molecular complexity index is 647. The van der Waals surface area contributed by atoms with Gasteiger partial charge in [-0.15, -0.1) is 0 Å². The molecule has 0 aromatic heterocycles. The molecule has 1 unspecified atom stereocenters. The van der Waals surface area contributed by atoms with E-state index in [4.69, 9.17) is 5.73 Å². The van der Waals surface area contributed by atoms with E-state index in [1.54, 1.807) is 4.90 Å². The van der Waals surface area contributed by atoms with Gasteiger partial charge in [0.1, 0.15) is 0 Å². The molecule has 2 N–H and O–H groups in total. The zero-order valence-corrected chi connectivity index (χ0v) is 13.1. The van der Waals surface area contributed by atoms with Crippen LogP contribution in [0.25, 0.3) is 0 Å². The summed E-state index contributed by atoms with van der Waals surface area (Å²) in [6, 6.07) is 13.7. The fourth-order valence-electron chi connectivity index (χ4n) is 2.32. The zero-order valence-electron chi connectivity index (χ0n) is 13.1. The normalized spacial score (nSPS) is 12.0. The standard InChI is InChI=1S/C18H22N2O/c1-12-8-10-15(11-9-12)14(3)20(4)18(21)16-6-5-7-17(19)13(16)2/h5-11,14H,19H2,1-4H3. The Morgan fingerprint density at radius 2 is 1.71 bits per heavy atom. The lowest BCUT2D eigenvalue weighted by Gasteiger charge is -2.26. The zero-order chi connectivity index (χ0) is 15.6. The number of aryl methyl sites for hydroxylation is 1. The van der Waals surface area contributed by atoms with E-state index < -0.39 is 0 Å². The minimum atomic E-state index is -0.00660. The summed E-state index contributed by atoms with van der Waals surface area (Å²) in [7, 11) is 1.83. The fourth-order valence-corrected chi connectivity index (χ4v) is 2.32. The fraction of sp³-hybridized carbons (Fsp3) is 0.278. The molecule has 1 amide bonds. The van der Waals surface area contributed by atoms with Crippen LogP contribution in [0.1, 0.15) is 40.0 Å². The molecular weight excluding hydrogens is 260 g/mol. The van der Waals surface area contributed by atoms with E-state index in [-0.39, 0.29) is 11.9 Å². The van der Waals surface area contributed by atoms with E-state index >= 15 is 0 Å². The summed E-state index contributed by atoms with van der Waals surface area (Å²) in [5.41, 5.74) is 10.4. The van der Waals surface area contributed by atoms with Crippen LogP contribution in [-0.4, -0.2) is 17.9 Å². The molecule has 2 aromatic carbocycles. The second-order valence-corrected chi connectivity index (χ2v) is 5.52. The maximum Gasteiger partial charge on any atom is 0.254 e. The second-order valence-electron chi connectivity index (χ2n) is 5.52. The first-order valence-corrected chi connectivity index (χ1v) is 7.10. The van der Waals surface area contributed by atoms with Crippen LogP contribution in [0.5, 0.6) is 0 Å². The molecule has 0 aliphatic rings. The number of nitrogen functional groups attached to an aromatic ring is 1. The summed E-state index contributed by atoms with van der Waals surface area (Å²) in [6.07, 6.45) is 0. The van der Waals surface area contributed by atoms with Crippen LogP contribution in [0.2, 0.25) is 0 Å². The highest BCUT2D eigenvalue weighted by atomic mass is 16.2. The van der Waals surface area contributed by atoms with Crippen molar-refractivity contribution in [1.29, 1.82) is 0 Å². The molecule has 0 spiro atoms. The summed E-state index contributed by atoms with van der Waals surface area (Å²) < 4.78 is 0. The van der Waals surface area contributed by atoms with Crippen molar-refractivity contribution < 1.29 is 4.79 Å². The Hall–Kier alpha value is -2.29. The van der Waals surface area contributed by atoms with Crippen LogP contribution >= 0.6 is 0 Å². The molecule has 0 heterocycles. The van der Waals surface area contributed by atoms with E-state index in [1.165, 1.54) is 5.56 Å². The van der Waals surface area contributed by atoms with E-state index in [0.29, 0.717) is 11.3 Å². The molecule has 0 aliphatic carbocycles. The first-order chi connectivity index (χ1) is 9.91. The summed E-state index contributed by atoms with van der Waals surface area (Å²) in [6.45, 7) is 5.97. The summed E-state index contributed by atoms with van der Waals surface area (Å²) >= 11 is 0. The molecule has 0 bridgehead atoms. The molecule has 0 aliphatic heterocycles. The summed E-state index contributed by atoms with van der Waals surface area (Å²) in [4.78, 5) is 14.4. The van der Waals surface area contributed by atoms with E-state index in [2.05, 4.69) is 31.2 Å². The molecule has 0 saturated heterocycles. The van der Waals surface area contributed by atoms with Crippen molar-refractivity contribution in [1.82, 2.24) is 4.90 Å². The van der Waals surface area contributed by atoms with Gasteiger partial charge in [0.2, 0.25) is 0 Å². The number of anilines is 1. The number of carbonyl (C=O) groups is 1. The van der Waals surface area contributed by atoms with Crippen LogP contribution in [0.15, 0.2) is 42.5 Å². The average Bonchev–Trinajstić information content (AvgIpc) is 2.48. The Balaban J connectivity index is 2.26. The maximum absolute atomic E-state index is 12.7. The van der Waals surface area contributed by atoms with Crippen molar-refractivity contribution in [3.05, 3.63) is 64.7 Å². The van der Waals surface area contributed by atoms with Gasteiger partial charge in [-0.2, -0.15) is 0 Å². The van der Waals surface area contributed by atoms with Crippen molar-refractivity contribution in [3.8, 4) is 0 Å². The molecule has 110 valence electrons. The third kappa shape index (κ3) is 3.07. The molecule has 2 rings (SSSR count). The number of hydrogen-bond acceptors (Lipinski definition) is 2. The van der Waals surface area contributed by atoms with Crippen molar-refractivity contribution >= 4 is 11.6 Å². The molecule has 21 heavy (non-hydrogen) atoms. The van der Waals surface area contributed by atoms with Crippen LogP contribution in [0.3, 0.4) is 0 Å². The van der Waals surface area contributed by atoms with Crippen LogP contribution in [-0.2, 0) is 0 Å². The van der Waals surface area contributed by atoms with E-state index in [9.17, 15) is 4.79 Å². The minimum absolute atomic E-state index is 0.00660. The topological polar surface area (TPSA) is 46.3 Å². The number of amides is 1. The largest absolute Gasteiger partial charge is 0.398 e. The van der Waals surface area contributed by atoms with Gasteiger partial charge < -0.3 is 10.6 Å². The molecule has 3 heteroatoms. The SMILES string of the molecule is Cc1ccc(C(C)N(C)C(=O)c2cccc(N)c2C)cc1. The van der Waals surface area contributed by atoms with Crippen LogP contribution in [0.4, 0.5) is 5.69 Å². The highest BCUT2D eigenvalue weighted by molar-refractivity contribution is 5.97. The molecule has 2 aromatic rings. The Kier molecular flexibility index (Phi) is 4.32. The van der Waals surface area contributed by atoms with Crippen molar-refractivity contribution in [2.24, 2.45) is 0 Å². The summed E-state index contributed by atoms with van der Waals surface area (Å²) in [5, 5.41) is 0.